The zero-order valence-electron chi connectivity index (χ0n) is 22.3. The van der Waals surface area contributed by atoms with Crippen LogP contribution in [-0.2, 0) is 36.1 Å². The van der Waals surface area contributed by atoms with E-state index in [0.717, 1.165) is 60.7 Å². The number of sulfonamides is 1. The van der Waals surface area contributed by atoms with Crippen LogP contribution in [0.15, 0.2) is 36.4 Å². The number of amides is 1. The molecule has 0 unspecified atom stereocenters. The summed E-state index contributed by atoms with van der Waals surface area (Å²) in [6.45, 7) is 5.03. The van der Waals surface area contributed by atoms with Gasteiger partial charge in [0.15, 0.2) is 0 Å². The largest absolute Gasteiger partial charge is 0.348 e. The summed E-state index contributed by atoms with van der Waals surface area (Å²) >= 11 is 18.6. The SMILES string of the molecule is CS(=O)(=O)N1CCc2c(c(-c3ccc(Cl)c(CNC(=O)c4ccc(Cl)c(Cl)c4)c3)nn2CCCN2CCCC2)C1. The smallest absolute Gasteiger partial charge is 0.251 e. The second-order valence-electron chi connectivity index (χ2n) is 10.4. The van der Waals surface area contributed by atoms with Crippen LogP contribution in [0, 0.1) is 0 Å². The number of benzene rings is 2. The lowest BCUT2D eigenvalue weighted by molar-refractivity contribution is 0.0951. The Kier molecular flexibility index (Phi) is 9.09. The van der Waals surface area contributed by atoms with E-state index in [2.05, 4.69) is 14.9 Å². The Morgan fingerprint density at radius 3 is 2.45 bits per heavy atom. The van der Waals surface area contributed by atoms with Crippen molar-refractivity contribution in [1.82, 2.24) is 24.3 Å². The topological polar surface area (TPSA) is 87.5 Å². The maximum atomic E-state index is 12.7. The average Bonchev–Trinajstić information content (AvgIpc) is 3.57. The molecule has 2 aromatic carbocycles. The number of fused-ring (bicyclic) bond motifs is 1. The quantitative estimate of drug-likeness (QED) is 0.352. The summed E-state index contributed by atoms with van der Waals surface area (Å²) < 4.78 is 28.3. The van der Waals surface area contributed by atoms with Gasteiger partial charge in [-0.05, 0) is 74.8 Å². The zero-order valence-corrected chi connectivity index (χ0v) is 25.4. The van der Waals surface area contributed by atoms with Gasteiger partial charge < -0.3 is 10.2 Å². The van der Waals surface area contributed by atoms with Crippen molar-refractivity contribution in [3.8, 4) is 11.3 Å². The van der Waals surface area contributed by atoms with Crippen molar-refractivity contribution >= 4 is 50.7 Å². The monoisotopic (exact) mass is 623 g/mol. The Balaban J connectivity index is 1.39. The second-order valence-corrected chi connectivity index (χ2v) is 13.6. The van der Waals surface area contributed by atoms with E-state index in [9.17, 15) is 13.2 Å². The molecule has 40 heavy (non-hydrogen) atoms. The van der Waals surface area contributed by atoms with Crippen LogP contribution in [0.4, 0.5) is 0 Å². The molecule has 0 spiro atoms. The van der Waals surface area contributed by atoms with Crippen LogP contribution in [0.5, 0.6) is 0 Å². The molecular weight excluding hydrogens is 593 g/mol. The summed E-state index contributed by atoms with van der Waals surface area (Å²) in [5.74, 6) is -0.302. The number of likely N-dealkylation sites (tertiary alicyclic amines) is 1. The number of halogens is 3. The molecule has 0 saturated carbocycles. The van der Waals surface area contributed by atoms with Gasteiger partial charge >= 0.3 is 0 Å². The van der Waals surface area contributed by atoms with E-state index in [1.54, 1.807) is 18.2 Å². The normalized spacial score (nSPS) is 16.3. The molecule has 0 bridgehead atoms. The van der Waals surface area contributed by atoms with Gasteiger partial charge in [-0.2, -0.15) is 9.40 Å². The maximum absolute atomic E-state index is 12.7. The Hall–Kier alpha value is -2.14. The van der Waals surface area contributed by atoms with Crippen molar-refractivity contribution in [3.05, 3.63) is 73.9 Å². The van der Waals surface area contributed by atoms with E-state index in [1.165, 1.54) is 29.5 Å². The Labute approximate surface area is 250 Å². The highest BCUT2D eigenvalue weighted by Gasteiger charge is 2.30. The van der Waals surface area contributed by atoms with Gasteiger partial charge in [0.05, 0.1) is 22.0 Å². The van der Waals surface area contributed by atoms with Crippen LogP contribution < -0.4 is 5.32 Å². The predicted octanol–water partition coefficient (Wildman–Crippen LogP) is 5.24. The lowest BCUT2D eigenvalue weighted by Crippen LogP contribution is -2.35. The van der Waals surface area contributed by atoms with Crippen LogP contribution in [0.1, 0.15) is 46.4 Å². The molecule has 214 valence electrons. The molecule has 3 heterocycles. The molecular formula is C28H32Cl3N5O3S. The first-order chi connectivity index (χ1) is 19.1. The van der Waals surface area contributed by atoms with Gasteiger partial charge in [0.1, 0.15) is 0 Å². The fourth-order valence-corrected chi connectivity index (χ4v) is 6.66. The Morgan fingerprint density at radius 1 is 0.975 bits per heavy atom. The molecule has 2 aliphatic heterocycles. The van der Waals surface area contributed by atoms with Crippen molar-refractivity contribution in [3.63, 3.8) is 0 Å². The minimum atomic E-state index is -3.35. The fraction of sp³-hybridized carbons (Fsp3) is 0.429. The highest BCUT2D eigenvalue weighted by molar-refractivity contribution is 7.88. The fourth-order valence-electron chi connectivity index (χ4n) is 5.39. The van der Waals surface area contributed by atoms with Crippen molar-refractivity contribution in [2.75, 3.05) is 32.4 Å². The van der Waals surface area contributed by atoms with Crippen LogP contribution in [0.2, 0.25) is 15.1 Å². The number of aromatic nitrogens is 2. The minimum absolute atomic E-state index is 0.194. The molecule has 5 rings (SSSR count). The number of nitrogens with zero attached hydrogens (tertiary/aromatic N) is 4. The third-order valence-electron chi connectivity index (χ3n) is 7.55. The van der Waals surface area contributed by atoms with Crippen LogP contribution in [0.3, 0.4) is 0 Å². The summed E-state index contributed by atoms with van der Waals surface area (Å²) in [4.78, 5) is 15.2. The van der Waals surface area contributed by atoms with Crippen LogP contribution in [0.25, 0.3) is 11.3 Å². The van der Waals surface area contributed by atoms with Gasteiger partial charge in [-0.25, -0.2) is 8.42 Å². The molecule has 1 fully saturated rings. The first-order valence-electron chi connectivity index (χ1n) is 13.4. The van der Waals surface area contributed by atoms with Crippen molar-refractivity contribution in [1.29, 1.82) is 0 Å². The summed E-state index contributed by atoms with van der Waals surface area (Å²) in [7, 11) is -3.35. The molecule has 12 heteroatoms. The van der Waals surface area contributed by atoms with Crippen molar-refractivity contribution in [2.45, 2.75) is 45.3 Å². The van der Waals surface area contributed by atoms with Crippen molar-refractivity contribution < 1.29 is 13.2 Å². The molecule has 0 atom stereocenters. The number of carbonyl (C=O) groups excluding carboxylic acids is 1. The average molecular weight is 625 g/mol. The third kappa shape index (κ3) is 6.66. The zero-order chi connectivity index (χ0) is 28.4. The molecule has 1 amide bonds. The Bertz CT molecular complexity index is 1520. The van der Waals surface area contributed by atoms with Gasteiger partial charge in [-0.15, -0.1) is 0 Å². The molecule has 3 aromatic rings. The summed E-state index contributed by atoms with van der Waals surface area (Å²) in [6.07, 6.45) is 5.36. The number of carbonyl (C=O) groups is 1. The molecule has 0 aliphatic carbocycles. The molecule has 1 N–H and O–H groups in total. The highest BCUT2D eigenvalue weighted by Crippen LogP contribution is 2.33. The van der Waals surface area contributed by atoms with E-state index < -0.39 is 10.0 Å². The Morgan fingerprint density at radius 2 is 1.73 bits per heavy atom. The molecule has 8 nitrogen and oxygen atoms in total. The van der Waals surface area contributed by atoms with Crippen molar-refractivity contribution in [2.24, 2.45) is 0 Å². The van der Waals surface area contributed by atoms with E-state index in [4.69, 9.17) is 39.9 Å². The standard InChI is InChI=1S/C28H32Cl3N5O3S/c1-40(38,39)35-14-9-26-22(18-35)27(33-36(26)13-4-12-34-10-2-3-11-34)19-5-7-23(29)21(15-19)17-32-28(37)20-6-8-24(30)25(31)16-20/h5-8,15-16H,2-4,9-14,17-18H2,1H3,(H,32,37). The molecule has 1 aromatic heterocycles. The number of rotatable bonds is 9. The van der Waals surface area contributed by atoms with Gasteiger partial charge in [0.2, 0.25) is 10.0 Å². The molecule has 1 saturated heterocycles. The molecule has 0 radical (unpaired) electrons. The lowest BCUT2D eigenvalue weighted by Gasteiger charge is -2.26. The van der Waals surface area contributed by atoms with Crippen LogP contribution in [-0.4, -0.2) is 65.7 Å². The first-order valence-corrected chi connectivity index (χ1v) is 16.4. The molecule has 2 aliphatic rings. The number of nitrogens with one attached hydrogen (secondary N) is 1. The van der Waals surface area contributed by atoms with E-state index >= 15 is 0 Å². The predicted molar refractivity (Wildman–Crippen MR) is 160 cm³/mol. The van der Waals surface area contributed by atoms with Gasteiger partial charge in [-0.3, -0.25) is 9.48 Å². The van der Waals surface area contributed by atoms with Gasteiger partial charge in [0, 0.05) is 60.0 Å². The third-order valence-corrected chi connectivity index (χ3v) is 9.91. The van der Waals surface area contributed by atoms with E-state index in [-0.39, 0.29) is 19.0 Å². The maximum Gasteiger partial charge on any atom is 0.251 e. The van der Waals surface area contributed by atoms with E-state index in [1.807, 2.05) is 12.1 Å². The van der Waals surface area contributed by atoms with Crippen LogP contribution >= 0.6 is 34.8 Å². The highest BCUT2D eigenvalue weighted by atomic mass is 35.5. The number of hydrogen-bond acceptors (Lipinski definition) is 5. The number of aryl methyl sites for hydroxylation is 1. The first kappa shape index (κ1) is 29.4. The van der Waals surface area contributed by atoms with E-state index in [0.29, 0.717) is 33.6 Å². The van der Waals surface area contributed by atoms with Gasteiger partial charge in [0.25, 0.3) is 5.91 Å². The summed E-state index contributed by atoms with van der Waals surface area (Å²) in [6, 6.07) is 10.3. The van der Waals surface area contributed by atoms with Gasteiger partial charge in [-0.1, -0.05) is 40.9 Å². The summed E-state index contributed by atoms with van der Waals surface area (Å²) in [5.41, 5.74) is 4.70. The second kappa shape index (κ2) is 12.4. The summed E-state index contributed by atoms with van der Waals surface area (Å²) in [5, 5.41) is 9.07. The lowest BCUT2D eigenvalue weighted by atomic mass is 10.0. The minimum Gasteiger partial charge on any atom is -0.348 e. The number of hydrogen-bond donors (Lipinski definition) is 1.